The molecule has 0 aliphatic rings. The second-order valence-electron chi connectivity index (χ2n) is 3.95. The van der Waals surface area contributed by atoms with E-state index in [9.17, 15) is 8.42 Å². The summed E-state index contributed by atoms with van der Waals surface area (Å²) in [6, 6.07) is 20.8. The fraction of sp³-hybridized carbons (Fsp3) is 0.250. The maximum absolute atomic E-state index is 10.4. The van der Waals surface area contributed by atoms with Gasteiger partial charge < -0.3 is 0 Å². The molecule has 0 saturated carbocycles. The lowest BCUT2D eigenvalue weighted by molar-refractivity contribution is 0.231. The molecule has 5 heteroatoms. The van der Waals surface area contributed by atoms with Gasteiger partial charge in [0.2, 0.25) is 0 Å². The zero-order chi connectivity index (χ0) is 15.6. The van der Waals surface area contributed by atoms with Crippen LogP contribution in [-0.2, 0) is 18.8 Å². The first-order valence-electron chi connectivity index (χ1n) is 6.73. The smallest absolute Gasteiger partial charge is 0.248 e. The molecule has 0 aromatic heterocycles. The molecule has 0 saturated heterocycles. The van der Waals surface area contributed by atoms with Crippen LogP contribution in [-0.4, -0.2) is 21.6 Å². The van der Waals surface area contributed by atoms with E-state index in [1.165, 1.54) is 11.1 Å². The summed E-state index contributed by atoms with van der Waals surface area (Å²) in [6.45, 7) is 3.39. The zero-order valence-corrected chi connectivity index (χ0v) is 13.0. The standard InChI is InChI=1S/C12H10.C4H10O4S/c1-3-7-11(8-4-1)12-9-5-2-6-10-12;1-3-7-9(5,6)8-4-2/h1-10H;3-4H2,1-2H3. The Labute approximate surface area is 126 Å². The Morgan fingerprint density at radius 1 is 0.714 bits per heavy atom. The van der Waals surface area contributed by atoms with Crippen LogP contribution in [0.3, 0.4) is 0 Å². The minimum atomic E-state index is -3.68. The van der Waals surface area contributed by atoms with Gasteiger partial charge in [-0.15, -0.1) is 0 Å². The van der Waals surface area contributed by atoms with Crippen molar-refractivity contribution in [2.24, 2.45) is 0 Å². The number of hydrogen-bond acceptors (Lipinski definition) is 4. The van der Waals surface area contributed by atoms with E-state index in [2.05, 4.69) is 56.9 Å². The molecule has 0 aliphatic heterocycles. The van der Waals surface area contributed by atoms with Crippen molar-refractivity contribution in [3.05, 3.63) is 60.7 Å². The van der Waals surface area contributed by atoms with E-state index in [0.717, 1.165) is 0 Å². The van der Waals surface area contributed by atoms with Crippen LogP contribution in [0.5, 0.6) is 0 Å². The molecule has 0 aliphatic carbocycles. The van der Waals surface area contributed by atoms with Crippen LogP contribution in [0, 0.1) is 0 Å². The van der Waals surface area contributed by atoms with Crippen LogP contribution < -0.4 is 0 Å². The van der Waals surface area contributed by atoms with Gasteiger partial charge in [0, 0.05) is 0 Å². The summed E-state index contributed by atoms with van der Waals surface area (Å²) in [5.74, 6) is 0. The predicted molar refractivity (Wildman–Crippen MR) is 84.0 cm³/mol. The first-order valence-corrected chi connectivity index (χ1v) is 8.06. The third kappa shape index (κ3) is 7.04. The van der Waals surface area contributed by atoms with Crippen LogP contribution in [0.25, 0.3) is 11.1 Å². The van der Waals surface area contributed by atoms with Gasteiger partial charge >= 0.3 is 10.4 Å². The van der Waals surface area contributed by atoms with Crippen molar-refractivity contribution in [2.75, 3.05) is 13.2 Å². The summed E-state index contributed by atoms with van der Waals surface area (Å²) in [5.41, 5.74) is 2.55. The van der Waals surface area contributed by atoms with Crippen LogP contribution >= 0.6 is 0 Å². The second-order valence-corrected chi connectivity index (χ2v) is 5.24. The van der Waals surface area contributed by atoms with Gasteiger partial charge in [-0.05, 0) is 25.0 Å². The van der Waals surface area contributed by atoms with Crippen molar-refractivity contribution in [1.82, 2.24) is 0 Å². The zero-order valence-electron chi connectivity index (χ0n) is 12.2. The number of hydrogen-bond donors (Lipinski definition) is 0. The highest BCUT2D eigenvalue weighted by atomic mass is 32.3. The molecule has 0 unspecified atom stereocenters. The summed E-state index contributed by atoms with van der Waals surface area (Å²) in [4.78, 5) is 0. The Morgan fingerprint density at radius 3 is 1.33 bits per heavy atom. The fourth-order valence-corrected chi connectivity index (χ4v) is 2.23. The molecule has 0 radical (unpaired) electrons. The first-order chi connectivity index (χ1) is 10.1. The minimum absolute atomic E-state index is 0.113. The molecule has 4 nitrogen and oxygen atoms in total. The lowest BCUT2D eigenvalue weighted by Crippen LogP contribution is -2.09. The van der Waals surface area contributed by atoms with E-state index in [1.54, 1.807) is 13.8 Å². The van der Waals surface area contributed by atoms with Gasteiger partial charge in [-0.2, -0.15) is 8.42 Å². The van der Waals surface area contributed by atoms with Gasteiger partial charge in [0.05, 0.1) is 13.2 Å². The fourth-order valence-electron chi connectivity index (χ4n) is 1.58. The van der Waals surface area contributed by atoms with Crippen molar-refractivity contribution in [3.8, 4) is 11.1 Å². The molecule has 21 heavy (non-hydrogen) atoms. The third-order valence-corrected chi connectivity index (χ3v) is 3.45. The Bertz CT molecular complexity index is 545. The van der Waals surface area contributed by atoms with Crippen molar-refractivity contribution in [1.29, 1.82) is 0 Å². The molecule has 114 valence electrons. The van der Waals surface area contributed by atoms with Gasteiger partial charge in [0.1, 0.15) is 0 Å². The van der Waals surface area contributed by atoms with E-state index >= 15 is 0 Å². The highest BCUT2D eigenvalue weighted by Crippen LogP contribution is 2.17. The van der Waals surface area contributed by atoms with Gasteiger partial charge in [-0.3, -0.25) is 0 Å². The number of benzene rings is 2. The first kappa shape index (κ1) is 17.4. The average Bonchev–Trinajstić information content (AvgIpc) is 2.49. The van der Waals surface area contributed by atoms with E-state index in [4.69, 9.17) is 0 Å². The molecule has 0 bridgehead atoms. The average molecular weight is 308 g/mol. The predicted octanol–water partition coefficient (Wildman–Crippen LogP) is 3.66. The molecule has 0 fully saturated rings. The minimum Gasteiger partial charge on any atom is -0.248 e. The Balaban J connectivity index is 0.000000222. The highest BCUT2D eigenvalue weighted by molar-refractivity contribution is 7.81. The van der Waals surface area contributed by atoms with Crippen molar-refractivity contribution in [2.45, 2.75) is 13.8 Å². The summed E-state index contributed by atoms with van der Waals surface area (Å²) in [7, 11) is -3.68. The lowest BCUT2D eigenvalue weighted by Gasteiger charge is -1.99. The normalized spacial score (nSPS) is 10.6. The maximum Gasteiger partial charge on any atom is 0.399 e. The van der Waals surface area contributed by atoms with Crippen molar-refractivity contribution < 1.29 is 16.8 Å². The summed E-state index contributed by atoms with van der Waals surface area (Å²) < 4.78 is 29.2. The SMILES string of the molecule is CCOS(=O)(=O)OCC.c1ccc(-c2ccccc2)cc1. The maximum atomic E-state index is 10.4. The summed E-state index contributed by atoms with van der Waals surface area (Å²) >= 11 is 0. The van der Waals surface area contributed by atoms with E-state index < -0.39 is 10.4 Å². The molecule has 2 aromatic carbocycles. The molecule has 2 rings (SSSR count). The molecule has 0 heterocycles. The van der Waals surface area contributed by atoms with Crippen LogP contribution in [0.15, 0.2) is 60.7 Å². The van der Waals surface area contributed by atoms with Crippen molar-refractivity contribution >= 4 is 10.4 Å². The van der Waals surface area contributed by atoms with Gasteiger partial charge in [-0.25, -0.2) is 8.37 Å². The topological polar surface area (TPSA) is 52.6 Å². The largest absolute Gasteiger partial charge is 0.399 e. The monoisotopic (exact) mass is 308 g/mol. The highest BCUT2D eigenvalue weighted by Gasteiger charge is 2.06. The molecule has 0 spiro atoms. The third-order valence-electron chi connectivity index (χ3n) is 2.41. The van der Waals surface area contributed by atoms with Gasteiger partial charge in [-0.1, -0.05) is 60.7 Å². The Kier molecular flexibility index (Phi) is 7.68. The van der Waals surface area contributed by atoms with Crippen LogP contribution in [0.4, 0.5) is 0 Å². The van der Waals surface area contributed by atoms with Crippen LogP contribution in [0.1, 0.15) is 13.8 Å². The van der Waals surface area contributed by atoms with E-state index in [1.807, 2.05) is 12.1 Å². The summed E-state index contributed by atoms with van der Waals surface area (Å²) in [6.07, 6.45) is 0. The number of rotatable bonds is 5. The van der Waals surface area contributed by atoms with E-state index in [-0.39, 0.29) is 13.2 Å². The van der Waals surface area contributed by atoms with Gasteiger partial charge in [0.15, 0.2) is 0 Å². The van der Waals surface area contributed by atoms with E-state index in [0.29, 0.717) is 0 Å². The quantitative estimate of drug-likeness (QED) is 0.846. The molecular weight excluding hydrogens is 288 g/mol. The molecule has 2 aromatic rings. The summed E-state index contributed by atoms with van der Waals surface area (Å²) in [5, 5.41) is 0. The van der Waals surface area contributed by atoms with Gasteiger partial charge in [0.25, 0.3) is 0 Å². The lowest BCUT2D eigenvalue weighted by atomic mass is 10.1. The molecule has 0 atom stereocenters. The Morgan fingerprint density at radius 2 is 1.05 bits per heavy atom. The molecular formula is C16H20O4S. The van der Waals surface area contributed by atoms with Crippen LogP contribution in [0.2, 0.25) is 0 Å². The molecule has 0 amide bonds. The van der Waals surface area contributed by atoms with Crippen molar-refractivity contribution in [3.63, 3.8) is 0 Å². The second kappa shape index (κ2) is 9.28. The Hall–Kier alpha value is -1.69. The molecule has 0 N–H and O–H groups in total.